The lowest BCUT2D eigenvalue weighted by atomic mass is 10.2. The van der Waals surface area contributed by atoms with Crippen LogP contribution >= 0.6 is 24.0 Å². The van der Waals surface area contributed by atoms with Crippen LogP contribution in [0, 0.1) is 0 Å². The second-order valence-corrected chi connectivity index (χ2v) is 5.90. The molecule has 0 saturated heterocycles. The number of hydrogen-bond acceptors (Lipinski definition) is 3. The highest BCUT2D eigenvalue weighted by Gasteiger charge is 2.25. The molecule has 1 rings (SSSR count). The van der Waals surface area contributed by atoms with Crippen LogP contribution < -0.4 is 11.1 Å². The molecule has 1 saturated carbocycles. The molecular weight excluding hydrogens is 228 g/mol. The second-order valence-electron chi connectivity index (χ2n) is 3.80. The average Bonchev–Trinajstić information content (AvgIpc) is 2.51. The number of nitrogens with two attached hydrogens (primary N) is 1. The highest BCUT2D eigenvalue weighted by atomic mass is 32.2. The van der Waals surface area contributed by atoms with E-state index in [9.17, 15) is 4.79 Å². The zero-order valence-electron chi connectivity index (χ0n) is 8.99. The van der Waals surface area contributed by atoms with Gasteiger partial charge >= 0.3 is 0 Å². The zero-order chi connectivity index (χ0) is 11.3. The average molecular weight is 246 g/mol. The molecule has 1 aliphatic rings. The van der Waals surface area contributed by atoms with Gasteiger partial charge < -0.3 is 11.1 Å². The van der Waals surface area contributed by atoms with Crippen molar-refractivity contribution in [2.45, 2.75) is 43.9 Å². The SMILES string of the molecule is CCSC1CCC(NC(=O)CC(N)=S)C1. The summed E-state index contributed by atoms with van der Waals surface area (Å²) in [7, 11) is 0. The van der Waals surface area contributed by atoms with E-state index in [-0.39, 0.29) is 17.3 Å². The van der Waals surface area contributed by atoms with E-state index in [0.717, 1.165) is 18.6 Å². The number of thiocarbonyl (C=S) groups is 1. The van der Waals surface area contributed by atoms with Crippen LogP contribution in [0.1, 0.15) is 32.6 Å². The monoisotopic (exact) mass is 246 g/mol. The lowest BCUT2D eigenvalue weighted by molar-refractivity contribution is -0.120. The molecule has 0 aliphatic heterocycles. The van der Waals surface area contributed by atoms with Crippen LogP contribution in [0.5, 0.6) is 0 Å². The molecule has 3 nitrogen and oxygen atoms in total. The predicted molar refractivity (Wildman–Crippen MR) is 69.1 cm³/mol. The van der Waals surface area contributed by atoms with Gasteiger partial charge in [0.05, 0.1) is 11.4 Å². The van der Waals surface area contributed by atoms with Gasteiger partial charge in [0, 0.05) is 11.3 Å². The lowest BCUT2D eigenvalue weighted by Crippen LogP contribution is -2.35. The normalized spacial score (nSPS) is 25.1. The van der Waals surface area contributed by atoms with Crippen molar-refractivity contribution >= 4 is 34.9 Å². The van der Waals surface area contributed by atoms with Gasteiger partial charge in [-0.15, -0.1) is 0 Å². The minimum absolute atomic E-state index is 0.0327. The van der Waals surface area contributed by atoms with Gasteiger partial charge in [0.1, 0.15) is 0 Å². The molecule has 1 amide bonds. The third-order valence-electron chi connectivity index (χ3n) is 2.49. The van der Waals surface area contributed by atoms with Crippen molar-refractivity contribution in [2.24, 2.45) is 5.73 Å². The van der Waals surface area contributed by atoms with Crippen LogP contribution in [-0.2, 0) is 4.79 Å². The van der Waals surface area contributed by atoms with E-state index in [1.807, 2.05) is 11.8 Å². The van der Waals surface area contributed by atoms with Gasteiger partial charge in [-0.1, -0.05) is 19.1 Å². The van der Waals surface area contributed by atoms with Gasteiger partial charge in [0.2, 0.25) is 5.91 Å². The molecule has 0 radical (unpaired) electrons. The number of rotatable bonds is 5. The standard InChI is InChI=1S/C10H18N2OS2/c1-2-15-8-4-3-7(5-8)12-10(13)6-9(11)14/h7-8H,2-6H2,1H3,(H2,11,14)(H,12,13). The first-order valence-electron chi connectivity index (χ1n) is 5.31. The minimum Gasteiger partial charge on any atom is -0.393 e. The van der Waals surface area contributed by atoms with Crippen molar-refractivity contribution in [1.29, 1.82) is 0 Å². The molecule has 3 N–H and O–H groups in total. The number of hydrogen-bond donors (Lipinski definition) is 2. The molecule has 0 spiro atoms. The molecule has 86 valence electrons. The molecule has 15 heavy (non-hydrogen) atoms. The van der Waals surface area contributed by atoms with E-state index in [4.69, 9.17) is 18.0 Å². The lowest BCUT2D eigenvalue weighted by Gasteiger charge is -2.12. The van der Waals surface area contributed by atoms with Crippen molar-refractivity contribution < 1.29 is 4.79 Å². The molecule has 0 heterocycles. The Hall–Kier alpha value is -0.290. The fourth-order valence-electron chi connectivity index (χ4n) is 1.90. The van der Waals surface area contributed by atoms with Crippen LogP contribution in [0.15, 0.2) is 0 Å². The van der Waals surface area contributed by atoms with E-state index in [2.05, 4.69) is 12.2 Å². The Morgan fingerprint density at radius 2 is 2.33 bits per heavy atom. The molecule has 0 aromatic carbocycles. The van der Waals surface area contributed by atoms with Crippen molar-refractivity contribution in [2.75, 3.05) is 5.75 Å². The van der Waals surface area contributed by atoms with Crippen LogP contribution in [0.25, 0.3) is 0 Å². The summed E-state index contributed by atoms with van der Waals surface area (Å²) in [5.74, 6) is 1.12. The topological polar surface area (TPSA) is 55.1 Å². The first kappa shape index (κ1) is 12.8. The molecule has 0 bridgehead atoms. The highest BCUT2D eigenvalue weighted by Crippen LogP contribution is 2.29. The Bertz CT molecular complexity index is 246. The van der Waals surface area contributed by atoms with E-state index in [0.29, 0.717) is 11.3 Å². The fourth-order valence-corrected chi connectivity index (χ4v) is 3.17. The van der Waals surface area contributed by atoms with E-state index < -0.39 is 0 Å². The Balaban J connectivity index is 2.23. The molecule has 5 heteroatoms. The van der Waals surface area contributed by atoms with Gasteiger partial charge in [-0.2, -0.15) is 11.8 Å². The predicted octanol–water partition coefficient (Wildman–Crippen LogP) is 1.45. The maximum Gasteiger partial charge on any atom is 0.227 e. The molecule has 1 fully saturated rings. The number of amides is 1. The van der Waals surface area contributed by atoms with Crippen molar-refractivity contribution in [1.82, 2.24) is 5.32 Å². The third-order valence-corrected chi connectivity index (χ3v) is 3.86. The zero-order valence-corrected chi connectivity index (χ0v) is 10.6. The largest absolute Gasteiger partial charge is 0.393 e. The first-order chi connectivity index (χ1) is 7.11. The van der Waals surface area contributed by atoms with E-state index >= 15 is 0 Å². The molecule has 1 aliphatic carbocycles. The highest BCUT2D eigenvalue weighted by molar-refractivity contribution is 7.99. The maximum absolute atomic E-state index is 11.4. The number of nitrogens with one attached hydrogen (secondary N) is 1. The van der Waals surface area contributed by atoms with Crippen LogP contribution in [0.3, 0.4) is 0 Å². The summed E-state index contributed by atoms with van der Waals surface area (Å²) in [5, 5.41) is 3.69. The van der Waals surface area contributed by atoms with Gasteiger partial charge in [-0.3, -0.25) is 4.79 Å². The summed E-state index contributed by atoms with van der Waals surface area (Å²) >= 11 is 6.67. The van der Waals surface area contributed by atoms with Gasteiger partial charge in [-0.25, -0.2) is 0 Å². The van der Waals surface area contributed by atoms with Crippen LogP contribution in [-0.4, -0.2) is 27.9 Å². The summed E-state index contributed by atoms with van der Waals surface area (Å²) in [6.07, 6.45) is 3.55. The van der Waals surface area contributed by atoms with Crippen molar-refractivity contribution in [3.05, 3.63) is 0 Å². The summed E-state index contributed by atoms with van der Waals surface area (Å²) in [6.45, 7) is 2.17. The van der Waals surface area contributed by atoms with Crippen LogP contribution in [0.2, 0.25) is 0 Å². The van der Waals surface area contributed by atoms with Gasteiger partial charge in [0.15, 0.2) is 0 Å². The number of carbonyl (C=O) groups is 1. The minimum atomic E-state index is -0.0327. The Kier molecular flexibility index (Phi) is 5.39. The van der Waals surface area contributed by atoms with Crippen molar-refractivity contribution in [3.8, 4) is 0 Å². The summed E-state index contributed by atoms with van der Waals surface area (Å²) in [4.78, 5) is 11.7. The Labute approximate surface area is 101 Å². The second kappa shape index (κ2) is 6.33. The fraction of sp³-hybridized carbons (Fsp3) is 0.800. The molecular formula is C10H18N2OS2. The van der Waals surface area contributed by atoms with Crippen molar-refractivity contribution in [3.63, 3.8) is 0 Å². The quantitative estimate of drug-likeness (QED) is 0.721. The van der Waals surface area contributed by atoms with Crippen LogP contribution in [0.4, 0.5) is 0 Å². The maximum atomic E-state index is 11.4. The summed E-state index contributed by atoms with van der Waals surface area (Å²) in [5.41, 5.74) is 5.31. The number of thioether (sulfide) groups is 1. The molecule has 2 unspecified atom stereocenters. The molecule has 0 aromatic rings. The first-order valence-corrected chi connectivity index (χ1v) is 6.76. The Morgan fingerprint density at radius 1 is 1.60 bits per heavy atom. The summed E-state index contributed by atoms with van der Waals surface area (Å²) in [6, 6.07) is 0.330. The number of carbonyl (C=O) groups excluding carboxylic acids is 1. The van der Waals surface area contributed by atoms with E-state index in [1.54, 1.807) is 0 Å². The Morgan fingerprint density at radius 3 is 2.93 bits per heavy atom. The molecule has 2 atom stereocenters. The molecule has 0 aromatic heterocycles. The third kappa shape index (κ3) is 4.84. The van der Waals surface area contributed by atoms with E-state index in [1.165, 1.54) is 6.42 Å². The van der Waals surface area contributed by atoms with Gasteiger partial charge in [-0.05, 0) is 25.0 Å². The van der Waals surface area contributed by atoms with Gasteiger partial charge in [0.25, 0.3) is 0 Å². The smallest absolute Gasteiger partial charge is 0.227 e. The summed E-state index contributed by atoms with van der Waals surface area (Å²) < 4.78 is 0.